The molecule has 18 heavy (non-hydrogen) atoms. The van der Waals surface area contributed by atoms with Crippen LogP contribution in [0.2, 0.25) is 5.02 Å². The zero-order chi connectivity index (χ0) is 13.0. The lowest BCUT2D eigenvalue weighted by Crippen LogP contribution is -1.94. The molecule has 0 spiro atoms. The number of hydrogen-bond donors (Lipinski definition) is 1. The van der Waals surface area contributed by atoms with E-state index < -0.39 is 0 Å². The molecular formula is C14H12ClFN2. The predicted molar refractivity (Wildman–Crippen MR) is 73.8 cm³/mol. The fourth-order valence-electron chi connectivity index (χ4n) is 1.45. The zero-order valence-electron chi connectivity index (χ0n) is 9.82. The van der Waals surface area contributed by atoms with E-state index in [1.54, 1.807) is 13.0 Å². The Hall–Kier alpha value is -1.87. The molecule has 0 saturated carbocycles. The summed E-state index contributed by atoms with van der Waals surface area (Å²) in [5.41, 5.74) is 4.72. The monoisotopic (exact) mass is 262 g/mol. The van der Waals surface area contributed by atoms with Crippen molar-refractivity contribution in [3.05, 3.63) is 64.4 Å². The highest BCUT2D eigenvalue weighted by atomic mass is 35.5. The van der Waals surface area contributed by atoms with Crippen LogP contribution in [0.5, 0.6) is 0 Å². The lowest BCUT2D eigenvalue weighted by Gasteiger charge is -2.02. The summed E-state index contributed by atoms with van der Waals surface area (Å²) in [6.45, 7) is 1.76. The van der Waals surface area contributed by atoms with E-state index in [4.69, 9.17) is 11.6 Å². The van der Waals surface area contributed by atoms with Gasteiger partial charge in [-0.1, -0.05) is 29.8 Å². The van der Waals surface area contributed by atoms with Crippen LogP contribution in [0.1, 0.15) is 11.1 Å². The second-order valence-electron chi connectivity index (χ2n) is 3.86. The molecule has 2 aromatic carbocycles. The molecule has 2 nitrogen and oxygen atoms in total. The number of halogens is 2. The van der Waals surface area contributed by atoms with Crippen molar-refractivity contribution in [2.75, 3.05) is 5.43 Å². The van der Waals surface area contributed by atoms with Crippen molar-refractivity contribution < 1.29 is 4.39 Å². The van der Waals surface area contributed by atoms with Crippen LogP contribution in [0.4, 0.5) is 10.1 Å². The number of hydrogen-bond acceptors (Lipinski definition) is 2. The first-order valence-electron chi connectivity index (χ1n) is 5.46. The Kier molecular flexibility index (Phi) is 3.95. The highest BCUT2D eigenvalue weighted by Gasteiger charge is 2.03. The predicted octanol–water partition coefficient (Wildman–Crippen LogP) is 4.23. The van der Waals surface area contributed by atoms with E-state index in [2.05, 4.69) is 10.5 Å². The van der Waals surface area contributed by atoms with Crippen LogP contribution < -0.4 is 5.43 Å². The minimum Gasteiger partial charge on any atom is -0.279 e. The van der Waals surface area contributed by atoms with E-state index in [1.165, 1.54) is 12.3 Å². The van der Waals surface area contributed by atoms with Gasteiger partial charge in [0, 0.05) is 10.6 Å². The highest BCUT2D eigenvalue weighted by Crippen LogP contribution is 2.18. The lowest BCUT2D eigenvalue weighted by molar-refractivity contribution is 0.625. The molecule has 0 aliphatic carbocycles. The summed E-state index contributed by atoms with van der Waals surface area (Å²) in [4.78, 5) is 0. The van der Waals surface area contributed by atoms with Crippen molar-refractivity contribution in [1.29, 1.82) is 0 Å². The van der Waals surface area contributed by atoms with Gasteiger partial charge in [-0.05, 0) is 36.8 Å². The molecule has 0 aliphatic heterocycles. The summed E-state index contributed by atoms with van der Waals surface area (Å²) >= 11 is 5.93. The van der Waals surface area contributed by atoms with Gasteiger partial charge in [-0.25, -0.2) is 4.39 Å². The summed E-state index contributed by atoms with van der Waals surface area (Å²) in [5, 5.41) is 4.50. The number of aryl methyl sites for hydroxylation is 1. The summed E-state index contributed by atoms with van der Waals surface area (Å²) in [6, 6.07) is 12.4. The quantitative estimate of drug-likeness (QED) is 0.650. The number of hydrazone groups is 1. The van der Waals surface area contributed by atoms with Crippen LogP contribution in [0.3, 0.4) is 0 Å². The molecule has 0 fully saturated rings. The summed E-state index contributed by atoms with van der Waals surface area (Å²) in [5.74, 6) is -0.337. The molecule has 0 unspecified atom stereocenters. The van der Waals surface area contributed by atoms with Crippen molar-refractivity contribution in [3.8, 4) is 0 Å². The van der Waals surface area contributed by atoms with Crippen LogP contribution in [0, 0.1) is 12.7 Å². The van der Waals surface area contributed by atoms with E-state index in [0.717, 1.165) is 5.69 Å². The topological polar surface area (TPSA) is 24.4 Å². The van der Waals surface area contributed by atoms with Crippen LogP contribution in [0.15, 0.2) is 47.6 Å². The van der Waals surface area contributed by atoms with Gasteiger partial charge in [-0.2, -0.15) is 5.10 Å². The molecule has 0 saturated heterocycles. The molecular weight excluding hydrogens is 251 g/mol. The zero-order valence-corrected chi connectivity index (χ0v) is 10.6. The average Bonchev–Trinajstić information content (AvgIpc) is 2.37. The molecule has 0 amide bonds. The maximum atomic E-state index is 13.6. The third-order valence-electron chi connectivity index (χ3n) is 2.45. The van der Waals surface area contributed by atoms with Gasteiger partial charge in [-0.15, -0.1) is 0 Å². The summed E-state index contributed by atoms with van der Waals surface area (Å²) in [7, 11) is 0. The normalized spacial score (nSPS) is 10.8. The molecule has 92 valence electrons. The number of benzene rings is 2. The second-order valence-corrected chi connectivity index (χ2v) is 4.27. The number of anilines is 1. The first-order chi connectivity index (χ1) is 8.66. The van der Waals surface area contributed by atoms with Crippen molar-refractivity contribution in [1.82, 2.24) is 0 Å². The van der Waals surface area contributed by atoms with Crippen molar-refractivity contribution in [2.45, 2.75) is 6.92 Å². The standard InChI is InChI=1S/C14H12ClFN2/c1-10-7-14(16)11(8-13(10)15)9-17-18-12-5-3-2-4-6-12/h2-9,18H,1H3. The van der Waals surface area contributed by atoms with Gasteiger partial charge in [0.1, 0.15) is 5.82 Å². The third kappa shape index (κ3) is 3.08. The van der Waals surface area contributed by atoms with Gasteiger partial charge in [0.25, 0.3) is 0 Å². The Labute approximate surface area is 110 Å². The van der Waals surface area contributed by atoms with E-state index in [9.17, 15) is 4.39 Å². The lowest BCUT2D eigenvalue weighted by atomic mass is 10.1. The third-order valence-corrected chi connectivity index (χ3v) is 2.86. The first kappa shape index (κ1) is 12.6. The number of nitrogens with one attached hydrogen (secondary N) is 1. The molecule has 0 aliphatic rings. The van der Waals surface area contributed by atoms with Crippen molar-refractivity contribution >= 4 is 23.5 Å². The maximum absolute atomic E-state index is 13.6. The minimum absolute atomic E-state index is 0.337. The number of rotatable bonds is 3. The van der Waals surface area contributed by atoms with Gasteiger partial charge in [-0.3, -0.25) is 5.43 Å². The Balaban J connectivity index is 2.12. The van der Waals surface area contributed by atoms with E-state index in [0.29, 0.717) is 16.1 Å². The Morgan fingerprint density at radius 3 is 2.67 bits per heavy atom. The SMILES string of the molecule is Cc1cc(F)c(C=NNc2ccccc2)cc1Cl. The van der Waals surface area contributed by atoms with Gasteiger partial charge >= 0.3 is 0 Å². The van der Waals surface area contributed by atoms with Gasteiger partial charge < -0.3 is 0 Å². The molecule has 0 radical (unpaired) electrons. The fourth-order valence-corrected chi connectivity index (χ4v) is 1.62. The molecule has 0 atom stereocenters. The average molecular weight is 263 g/mol. The molecule has 0 bridgehead atoms. The van der Waals surface area contributed by atoms with Crippen LogP contribution in [0.25, 0.3) is 0 Å². The summed E-state index contributed by atoms with van der Waals surface area (Å²) < 4.78 is 13.6. The molecule has 4 heteroatoms. The van der Waals surface area contributed by atoms with E-state index in [-0.39, 0.29) is 5.82 Å². The minimum atomic E-state index is -0.337. The maximum Gasteiger partial charge on any atom is 0.132 e. The highest BCUT2D eigenvalue weighted by molar-refractivity contribution is 6.31. The van der Waals surface area contributed by atoms with Crippen LogP contribution in [-0.4, -0.2) is 6.21 Å². The van der Waals surface area contributed by atoms with Crippen molar-refractivity contribution in [3.63, 3.8) is 0 Å². The van der Waals surface area contributed by atoms with E-state index in [1.807, 2.05) is 30.3 Å². The molecule has 0 heterocycles. The largest absolute Gasteiger partial charge is 0.279 e. The van der Waals surface area contributed by atoms with Crippen molar-refractivity contribution in [2.24, 2.45) is 5.10 Å². The second kappa shape index (κ2) is 5.65. The number of para-hydroxylation sites is 1. The summed E-state index contributed by atoms with van der Waals surface area (Å²) in [6.07, 6.45) is 1.41. The smallest absolute Gasteiger partial charge is 0.132 e. The fraction of sp³-hybridized carbons (Fsp3) is 0.0714. The van der Waals surface area contributed by atoms with E-state index >= 15 is 0 Å². The van der Waals surface area contributed by atoms with Crippen LogP contribution in [-0.2, 0) is 0 Å². The Bertz CT molecular complexity index is 568. The molecule has 0 aromatic heterocycles. The van der Waals surface area contributed by atoms with Gasteiger partial charge in [0.05, 0.1) is 11.9 Å². The molecule has 1 N–H and O–H groups in total. The molecule has 2 aromatic rings. The Morgan fingerprint density at radius 2 is 1.94 bits per heavy atom. The van der Waals surface area contributed by atoms with Gasteiger partial charge in [0.2, 0.25) is 0 Å². The van der Waals surface area contributed by atoms with Crippen LogP contribution >= 0.6 is 11.6 Å². The van der Waals surface area contributed by atoms with Gasteiger partial charge in [0.15, 0.2) is 0 Å². The first-order valence-corrected chi connectivity index (χ1v) is 5.84. The number of nitrogens with zero attached hydrogens (tertiary/aromatic N) is 1. The molecule has 2 rings (SSSR count). The Morgan fingerprint density at radius 1 is 1.22 bits per heavy atom.